The summed E-state index contributed by atoms with van der Waals surface area (Å²) in [5, 5.41) is 14.1. The molecule has 1 fully saturated rings. The highest BCUT2D eigenvalue weighted by molar-refractivity contribution is 6.30. The van der Waals surface area contributed by atoms with E-state index in [9.17, 15) is 9.59 Å². The summed E-state index contributed by atoms with van der Waals surface area (Å²) < 4.78 is 7.01. The average Bonchev–Trinajstić information content (AvgIpc) is 2.96. The largest absolute Gasteiger partial charge is 0.479 e. The van der Waals surface area contributed by atoms with E-state index in [0.29, 0.717) is 22.8 Å². The van der Waals surface area contributed by atoms with Gasteiger partial charge in [0, 0.05) is 11.6 Å². The smallest absolute Gasteiger partial charge is 0.334 e. The number of carbonyl (C=O) groups excluding carboxylic acids is 1. The maximum Gasteiger partial charge on any atom is 0.334 e. The molecule has 1 aliphatic rings. The van der Waals surface area contributed by atoms with Crippen molar-refractivity contribution in [2.45, 2.75) is 26.1 Å². The lowest BCUT2D eigenvalue weighted by molar-refractivity contribution is -0.160. The minimum Gasteiger partial charge on any atom is -0.479 e. The van der Waals surface area contributed by atoms with Gasteiger partial charge in [-0.2, -0.15) is 5.10 Å². The second-order valence-electron chi connectivity index (χ2n) is 6.02. The van der Waals surface area contributed by atoms with Gasteiger partial charge in [0.2, 0.25) is 0 Å². The average molecular weight is 364 g/mol. The molecule has 0 aliphatic carbocycles. The van der Waals surface area contributed by atoms with E-state index in [1.807, 2.05) is 12.1 Å². The highest BCUT2D eigenvalue weighted by atomic mass is 35.5. The lowest BCUT2D eigenvalue weighted by atomic mass is 10.1. The van der Waals surface area contributed by atoms with Crippen LogP contribution in [0.1, 0.15) is 23.0 Å². The Morgan fingerprint density at radius 1 is 1.28 bits per heavy atom. The zero-order valence-electron chi connectivity index (χ0n) is 13.8. The lowest BCUT2D eigenvalue weighted by Crippen LogP contribution is -2.51. The van der Waals surface area contributed by atoms with Crippen molar-refractivity contribution in [3.05, 3.63) is 46.7 Å². The fourth-order valence-corrected chi connectivity index (χ4v) is 3.01. The first kappa shape index (κ1) is 17.4. The van der Waals surface area contributed by atoms with Crippen molar-refractivity contribution < 1.29 is 19.4 Å². The quantitative estimate of drug-likeness (QED) is 0.903. The number of morpholine rings is 1. The lowest BCUT2D eigenvalue weighted by Gasteiger charge is -2.34. The van der Waals surface area contributed by atoms with E-state index < -0.39 is 12.1 Å². The third-order valence-corrected chi connectivity index (χ3v) is 4.39. The van der Waals surface area contributed by atoms with Crippen LogP contribution < -0.4 is 0 Å². The number of halogens is 1. The summed E-state index contributed by atoms with van der Waals surface area (Å²) in [7, 11) is 0. The van der Waals surface area contributed by atoms with Crippen LogP contribution in [-0.4, -0.2) is 57.0 Å². The second-order valence-corrected chi connectivity index (χ2v) is 6.45. The Hall–Kier alpha value is -2.38. The minimum atomic E-state index is -1.07. The Morgan fingerprint density at radius 2 is 1.96 bits per heavy atom. The van der Waals surface area contributed by atoms with Crippen molar-refractivity contribution in [3.8, 4) is 5.69 Å². The summed E-state index contributed by atoms with van der Waals surface area (Å²) in [5.41, 5.74) is 1.91. The van der Waals surface area contributed by atoms with Crippen molar-refractivity contribution >= 4 is 23.5 Å². The van der Waals surface area contributed by atoms with E-state index in [0.717, 1.165) is 5.69 Å². The second kappa shape index (κ2) is 6.85. The van der Waals surface area contributed by atoms with E-state index in [1.165, 1.54) is 11.1 Å². The SMILES string of the molecule is Cc1c(C(=O)N2CC(C(=O)O)O[C@H](C)C2)cnn1-c1ccc(Cl)cc1. The molecule has 1 amide bonds. The molecule has 8 heteroatoms. The molecule has 7 nitrogen and oxygen atoms in total. The first-order valence-corrected chi connectivity index (χ1v) is 8.22. The predicted octanol–water partition coefficient (Wildman–Crippen LogP) is 2.15. The van der Waals surface area contributed by atoms with Gasteiger partial charge in [-0.25, -0.2) is 9.48 Å². The van der Waals surface area contributed by atoms with Gasteiger partial charge in [0.1, 0.15) is 0 Å². The van der Waals surface area contributed by atoms with Gasteiger partial charge in [0.25, 0.3) is 5.91 Å². The fraction of sp³-hybridized carbons (Fsp3) is 0.353. The normalized spacial score (nSPS) is 20.5. The summed E-state index contributed by atoms with van der Waals surface area (Å²) in [6.07, 6.45) is 0.145. The van der Waals surface area contributed by atoms with Gasteiger partial charge >= 0.3 is 5.97 Å². The standard InChI is InChI=1S/C17H18ClN3O4/c1-10-8-20(9-15(25-10)17(23)24)16(22)14-7-19-21(11(14)2)13-5-3-12(18)4-6-13/h3-7,10,15H,8-9H2,1-2H3,(H,23,24)/t10-,15?/m1/s1. The molecule has 3 rings (SSSR count). The molecule has 25 heavy (non-hydrogen) atoms. The van der Waals surface area contributed by atoms with Gasteiger partial charge in [-0.05, 0) is 38.1 Å². The van der Waals surface area contributed by atoms with E-state index >= 15 is 0 Å². The number of rotatable bonds is 3. The Morgan fingerprint density at radius 3 is 2.60 bits per heavy atom. The molecule has 0 spiro atoms. The van der Waals surface area contributed by atoms with Gasteiger partial charge in [-0.15, -0.1) is 0 Å². The van der Waals surface area contributed by atoms with Crippen molar-refractivity contribution in [1.29, 1.82) is 0 Å². The van der Waals surface area contributed by atoms with Crippen LogP contribution in [0.25, 0.3) is 5.69 Å². The molecule has 0 saturated carbocycles. The third kappa shape index (κ3) is 3.52. The number of carboxylic acid groups (broad SMARTS) is 1. The van der Waals surface area contributed by atoms with Crippen LogP contribution in [0, 0.1) is 6.92 Å². The van der Waals surface area contributed by atoms with Crippen molar-refractivity contribution in [2.24, 2.45) is 0 Å². The highest BCUT2D eigenvalue weighted by Crippen LogP contribution is 2.20. The van der Waals surface area contributed by atoms with Crippen LogP contribution in [-0.2, 0) is 9.53 Å². The molecule has 1 aromatic heterocycles. The third-order valence-electron chi connectivity index (χ3n) is 4.13. The molecule has 1 unspecified atom stereocenters. The topological polar surface area (TPSA) is 84.7 Å². The van der Waals surface area contributed by atoms with Crippen LogP contribution in [0.15, 0.2) is 30.5 Å². The molecule has 0 bridgehead atoms. The number of aromatic nitrogens is 2. The molecule has 1 aromatic carbocycles. The van der Waals surface area contributed by atoms with E-state index in [-0.39, 0.29) is 18.6 Å². The molecule has 2 atom stereocenters. The van der Waals surface area contributed by atoms with Crippen LogP contribution in [0.4, 0.5) is 0 Å². The molecule has 1 saturated heterocycles. The zero-order chi connectivity index (χ0) is 18.1. The van der Waals surface area contributed by atoms with Gasteiger partial charge in [0.05, 0.1) is 35.8 Å². The fourth-order valence-electron chi connectivity index (χ4n) is 2.89. The maximum absolute atomic E-state index is 12.8. The summed E-state index contributed by atoms with van der Waals surface area (Å²) >= 11 is 5.90. The highest BCUT2D eigenvalue weighted by Gasteiger charge is 2.34. The first-order valence-electron chi connectivity index (χ1n) is 7.85. The van der Waals surface area contributed by atoms with Crippen LogP contribution in [0.2, 0.25) is 5.02 Å². The van der Waals surface area contributed by atoms with E-state index in [2.05, 4.69) is 5.10 Å². The molecular formula is C17H18ClN3O4. The molecular weight excluding hydrogens is 346 g/mol. The van der Waals surface area contributed by atoms with Crippen LogP contribution in [0.3, 0.4) is 0 Å². The van der Waals surface area contributed by atoms with Crippen LogP contribution >= 0.6 is 11.6 Å². The van der Waals surface area contributed by atoms with Crippen molar-refractivity contribution in [1.82, 2.24) is 14.7 Å². The number of nitrogens with zero attached hydrogens (tertiary/aromatic N) is 3. The molecule has 2 aromatic rings. The van der Waals surface area contributed by atoms with Gasteiger partial charge in [-0.1, -0.05) is 11.6 Å². The molecule has 132 valence electrons. The minimum absolute atomic E-state index is 0.0179. The summed E-state index contributed by atoms with van der Waals surface area (Å²) in [4.78, 5) is 25.5. The van der Waals surface area contributed by atoms with Gasteiger partial charge < -0.3 is 14.7 Å². The Kier molecular flexibility index (Phi) is 4.78. The summed E-state index contributed by atoms with van der Waals surface area (Å²) in [5.74, 6) is -1.32. The summed E-state index contributed by atoms with van der Waals surface area (Å²) in [6, 6.07) is 7.13. The van der Waals surface area contributed by atoms with E-state index in [1.54, 1.807) is 30.7 Å². The predicted molar refractivity (Wildman–Crippen MR) is 91.2 cm³/mol. The number of benzene rings is 1. The van der Waals surface area contributed by atoms with Crippen molar-refractivity contribution in [3.63, 3.8) is 0 Å². The Bertz CT molecular complexity index is 803. The summed E-state index contributed by atoms with van der Waals surface area (Å²) in [6.45, 7) is 3.91. The van der Waals surface area contributed by atoms with Gasteiger partial charge in [0.15, 0.2) is 6.10 Å². The molecule has 1 N–H and O–H groups in total. The molecule has 0 radical (unpaired) electrons. The molecule has 2 heterocycles. The van der Waals surface area contributed by atoms with Crippen LogP contribution in [0.5, 0.6) is 0 Å². The molecule has 1 aliphatic heterocycles. The number of hydrogen-bond acceptors (Lipinski definition) is 4. The number of hydrogen-bond donors (Lipinski definition) is 1. The monoisotopic (exact) mass is 363 g/mol. The number of amides is 1. The number of carbonyl (C=O) groups is 2. The zero-order valence-corrected chi connectivity index (χ0v) is 14.6. The van der Waals surface area contributed by atoms with E-state index in [4.69, 9.17) is 21.4 Å². The maximum atomic E-state index is 12.8. The van der Waals surface area contributed by atoms with Gasteiger partial charge in [-0.3, -0.25) is 4.79 Å². The number of carboxylic acids is 1. The Labute approximate surface area is 149 Å². The number of ether oxygens (including phenoxy) is 1. The Balaban J connectivity index is 1.85. The number of aliphatic carboxylic acids is 1. The van der Waals surface area contributed by atoms with Crippen molar-refractivity contribution in [2.75, 3.05) is 13.1 Å². The first-order chi connectivity index (χ1) is 11.9.